The van der Waals surface area contributed by atoms with E-state index in [2.05, 4.69) is 26.6 Å². The van der Waals surface area contributed by atoms with E-state index in [9.17, 15) is 19.2 Å². The van der Waals surface area contributed by atoms with E-state index in [0.717, 1.165) is 4.90 Å². The average Bonchev–Trinajstić information content (AvgIpc) is 2.88. The summed E-state index contributed by atoms with van der Waals surface area (Å²) >= 11 is 9.23. The minimum absolute atomic E-state index is 0.221. The Morgan fingerprint density at radius 2 is 1.74 bits per heavy atom. The van der Waals surface area contributed by atoms with Crippen molar-refractivity contribution in [2.45, 2.75) is 6.92 Å². The fourth-order valence-corrected chi connectivity index (χ4v) is 4.15. The number of rotatable bonds is 8. The van der Waals surface area contributed by atoms with Crippen LogP contribution in [0.3, 0.4) is 0 Å². The number of urea groups is 1. The number of anilines is 2. The molecular formula is C27H21BrClN3O6. The van der Waals surface area contributed by atoms with Crippen LogP contribution in [0.15, 0.2) is 76.8 Å². The van der Waals surface area contributed by atoms with Crippen LogP contribution in [-0.4, -0.2) is 37.0 Å². The van der Waals surface area contributed by atoms with Crippen LogP contribution in [-0.2, 0) is 14.4 Å². The van der Waals surface area contributed by atoms with E-state index in [1.807, 2.05) is 6.92 Å². The Morgan fingerprint density at radius 3 is 2.39 bits per heavy atom. The normalized spacial score (nSPS) is 14.3. The topological polar surface area (TPSA) is 114 Å². The van der Waals surface area contributed by atoms with Crippen LogP contribution >= 0.6 is 27.5 Å². The van der Waals surface area contributed by atoms with Crippen molar-refractivity contribution in [2.24, 2.45) is 0 Å². The van der Waals surface area contributed by atoms with E-state index in [0.29, 0.717) is 38.9 Å². The first-order valence-electron chi connectivity index (χ1n) is 11.4. The van der Waals surface area contributed by atoms with Crippen molar-refractivity contribution in [3.05, 3.63) is 87.4 Å². The van der Waals surface area contributed by atoms with Crippen molar-refractivity contribution in [3.63, 3.8) is 0 Å². The molecule has 0 atom stereocenters. The second-order valence-electron chi connectivity index (χ2n) is 7.92. The molecule has 0 radical (unpaired) electrons. The van der Waals surface area contributed by atoms with Gasteiger partial charge < -0.3 is 14.8 Å². The first kappa shape index (κ1) is 26.9. The quantitative estimate of drug-likeness (QED) is 0.273. The first-order valence-corrected chi connectivity index (χ1v) is 12.5. The van der Waals surface area contributed by atoms with Crippen LogP contribution < -0.4 is 25.0 Å². The second kappa shape index (κ2) is 11.9. The molecule has 0 aromatic heterocycles. The maximum Gasteiger partial charge on any atom is 0.335 e. The van der Waals surface area contributed by atoms with Crippen LogP contribution in [0.2, 0.25) is 5.02 Å². The fraction of sp³-hybridized carbons (Fsp3) is 0.111. The summed E-state index contributed by atoms with van der Waals surface area (Å²) in [5.41, 5.74) is 1.14. The van der Waals surface area contributed by atoms with Gasteiger partial charge in [-0.3, -0.25) is 19.7 Å². The number of amides is 5. The predicted molar refractivity (Wildman–Crippen MR) is 146 cm³/mol. The number of carbonyl (C=O) groups is 4. The molecule has 4 rings (SSSR count). The molecule has 0 aliphatic carbocycles. The largest absolute Gasteiger partial charge is 0.494 e. The molecular weight excluding hydrogens is 578 g/mol. The lowest BCUT2D eigenvalue weighted by Crippen LogP contribution is -2.54. The molecule has 9 nitrogen and oxygen atoms in total. The van der Waals surface area contributed by atoms with E-state index >= 15 is 0 Å². The zero-order chi connectivity index (χ0) is 27.2. The van der Waals surface area contributed by atoms with Crippen molar-refractivity contribution >= 4 is 68.7 Å². The highest BCUT2D eigenvalue weighted by atomic mass is 79.9. The molecule has 11 heteroatoms. The van der Waals surface area contributed by atoms with Crippen LogP contribution in [0.1, 0.15) is 12.5 Å². The van der Waals surface area contributed by atoms with Gasteiger partial charge >= 0.3 is 6.03 Å². The molecule has 1 heterocycles. The molecule has 1 fully saturated rings. The van der Waals surface area contributed by atoms with Gasteiger partial charge in [-0.2, -0.15) is 0 Å². The van der Waals surface area contributed by atoms with Gasteiger partial charge in [0.25, 0.3) is 17.7 Å². The molecule has 3 aromatic rings. The third kappa shape index (κ3) is 6.39. The highest BCUT2D eigenvalue weighted by molar-refractivity contribution is 9.10. The molecule has 2 N–H and O–H groups in total. The second-order valence-corrected chi connectivity index (χ2v) is 9.21. The van der Waals surface area contributed by atoms with Gasteiger partial charge in [0.15, 0.2) is 6.61 Å². The van der Waals surface area contributed by atoms with Crippen molar-refractivity contribution in [1.29, 1.82) is 0 Å². The lowest BCUT2D eigenvalue weighted by molar-refractivity contribution is -0.122. The van der Waals surface area contributed by atoms with Gasteiger partial charge in [0.1, 0.15) is 17.1 Å². The molecule has 194 valence electrons. The lowest BCUT2D eigenvalue weighted by atomic mass is 10.1. The molecule has 0 bridgehead atoms. The molecule has 0 saturated carbocycles. The van der Waals surface area contributed by atoms with Gasteiger partial charge in [0.05, 0.1) is 16.8 Å². The maximum atomic E-state index is 13.1. The zero-order valence-corrected chi connectivity index (χ0v) is 22.3. The highest BCUT2D eigenvalue weighted by Gasteiger charge is 2.36. The fourth-order valence-electron chi connectivity index (χ4n) is 3.51. The summed E-state index contributed by atoms with van der Waals surface area (Å²) in [5.74, 6) is -0.976. The SMILES string of the molecule is CCOc1ccc(N2C(=O)NC(=O)/C(=C\c3ccc(OCC(=O)Nc4ccc(Cl)cc4)c(Br)c3)C2=O)cc1. The summed E-state index contributed by atoms with van der Waals surface area (Å²) in [5, 5.41) is 5.44. The lowest BCUT2D eigenvalue weighted by Gasteiger charge is -2.26. The van der Waals surface area contributed by atoms with Crippen LogP contribution in [0, 0.1) is 0 Å². The van der Waals surface area contributed by atoms with Gasteiger partial charge in [-0.15, -0.1) is 0 Å². The van der Waals surface area contributed by atoms with E-state index < -0.39 is 17.8 Å². The van der Waals surface area contributed by atoms with Gasteiger partial charge in [0.2, 0.25) is 0 Å². The number of imide groups is 2. The molecule has 38 heavy (non-hydrogen) atoms. The van der Waals surface area contributed by atoms with Gasteiger partial charge in [-0.25, -0.2) is 9.69 Å². The van der Waals surface area contributed by atoms with E-state index in [1.165, 1.54) is 6.08 Å². The molecule has 3 aromatic carbocycles. The van der Waals surface area contributed by atoms with Crippen molar-refractivity contribution in [1.82, 2.24) is 5.32 Å². The van der Waals surface area contributed by atoms with Gasteiger partial charge in [0, 0.05) is 10.7 Å². The monoisotopic (exact) mass is 597 g/mol. The Balaban J connectivity index is 1.46. The van der Waals surface area contributed by atoms with Crippen LogP contribution in [0.4, 0.5) is 16.2 Å². The summed E-state index contributed by atoms with van der Waals surface area (Å²) in [4.78, 5) is 51.1. The van der Waals surface area contributed by atoms with Crippen molar-refractivity contribution in [2.75, 3.05) is 23.4 Å². The number of carbonyl (C=O) groups excluding carboxylic acids is 4. The minimum atomic E-state index is -0.844. The predicted octanol–water partition coefficient (Wildman–Crippen LogP) is 5.19. The number of nitrogens with one attached hydrogen (secondary N) is 2. The van der Waals surface area contributed by atoms with Gasteiger partial charge in [-0.1, -0.05) is 17.7 Å². The van der Waals surface area contributed by atoms with E-state index in [4.69, 9.17) is 21.1 Å². The standard InChI is InChI=1S/C27H21BrClN3O6/c1-2-37-20-10-8-19(9-11-20)32-26(35)21(25(34)31-27(32)36)13-16-3-12-23(22(28)14-16)38-15-24(33)30-18-6-4-17(29)5-7-18/h3-14H,2,15H2,1H3,(H,30,33)(H,31,34,36)/b21-13+. The number of hydrogen-bond acceptors (Lipinski definition) is 6. The Bertz CT molecular complexity index is 1420. The van der Waals surface area contributed by atoms with Crippen molar-refractivity contribution < 1.29 is 28.7 Å². The number of benzene rings is 3. The zero-order valence-electron chi connectivity index (χ0n) is 20.0. The molecule has 1 aliphatic heterocycles. The summed E-state index contributed by atoms with van der Waals surface area (Å²) < 4.78 is 11.5. The third-order valence-corrected chi connectivity index (χ3v) is 6.13. The molecule has 1 saturated heterocycles. The molecule has 0 spiro atoms. The Labute approximate surface area is 231 Å². The van der Waals surface area contributed by atoms with Crippen molar-refractivity contribution in [3.8, 4) is 11.5 Å². The first-order chi connectivity index (χ1) is 18.2. The average molecular weight is 599 g/mol. The summed E-state index contributed by atoms with van der Waals surface area (Å²) in [6.45, 7) is 2.07. The third-order valence-electron chi connectivity index (χ3n) is 5.26. The Hall–Kier alpha value is -4.15. The van der Waals surface area contributed by atoms with E-state index in [1.54, 1.807) is 66.7 Å². The molecule has 1 aliphatic rings. The molecule has 5 amide bonds. The summed E-state index contributed by atoms with van der Waals surface area (Å²) in [6, 6.07) is 17.0. The number of nitrogens with zero attached hydrogens (tertiary/aromatic N) is 1. The number of barbiturate groups is 1. The maximum absolute atomic E-state index is 13.1. The van der Waals surface area contributed by atoms with Crippen LogP contribution in [0.5, 0.6) is 11.5 Å². The van der Waals surface area contributed by atoms with Gasteiger partial charge in [-0.05, 0) is 95.2 Å². The Kier molecular flexibility index (Phi) is 8.45. The van der Waals surface area contributed by atoms with E-state index in [-0.39, 0.29) is 23.8 Å². The Morgan fingerprint density at radius 1 is 1.03 bits per heavy atom. The number of ether oxygens (including phenoxy) is 2. The number of halogens is 2. The summed E-state index contributed by atoms with van der Waals surface area (Å²) in [7, 11) is 0. The molecule has 0 unspecified atom stereocenters. The van der Waals surface area contributed by atoms with Crippen LogP contribution in [0.25, 0.3) is 6.08 Å². The highest BCUT2D eigenvalue weighted by Crippen LogP contribution is 2.29. The number of hydrogen-bond donors (Lipinski definition) is 2. The summed E-state index contributed by atoms with van der Waals surface area (Å²) in [6.07, 6.45) is 1.37. The smallest absolute Gasteiger partial charge is 0.335 e. The minimum Gasteiger partial charge on any atom is -0.494 e.